The van der Waals surface area contributed by atoms with Gasteiger partial charge in [0.25, 0.3) is 0 Å². The molecule has 1 aromatic heterocycles. The highest BCUT2D eigenvalue weighted by Gasteiger charge is 2.39. The van der Waals surface area contributed by atoms with Gasteiger partial charge in [-0.2, -0.15) is 35.3 Å². The van der Waals surface area contributed by atoms with Gasteiger partial charge in [0.2, 0.25) is 100 Å². The molecule has 11 atom stereocenters. The highest BCUT2D eigenvalue weighted by Crippen LogP contribution is 2.23. The molecule has 4 aliphatic heterocycles. The zero-order valence-electron chi connectivity index (χ0n) is 66.9. The number of primary amides is 2. The van der Waals surface area contributed by atoms with Crippen molar-refractivity contribution in [2.75, 3.05) is 61.1 Å². The second-order valence-electron chi connectivity index (χ2n) is 30.0. The summed E-state index contributed by atoms with van der Waals surface area (Å²) < 4.78 is 14.3. The van der Waals surface area contributed by atoms with Crippen molar-refractivity contribution >= 4 is 159 Å². The summed E-state index contributed by atoms with van der Waals surface area (Å²) in [7, 11) is 0. The second kappa shape index (κ2) is 48.2. The maximum absolute atomic E-state index is 15.4. The Hall–Kier alpha value is -11.1. The topological polar surface area (TPSA) is 587 Å². The van der Waals surface area contributed by atoms with E-state index in [1.165, 1.54) is 26.8 Å². The average Bonchev–Trinajstić information content (AvgIpc) is 1.25. The van der Waals surface area contributed by atoms with Gasteiger partial charge in [0.15, 0.2) is 0 Å². The SMILES string of the molecule is CC(=O)N[C@H]1CSCCC(=O)N2CN3CN(C2)C(=O)CCSC[C@@H]2NC(=O)[C@H](CC(=O)O)NC(=O)[C@H](CCC(=O)O)NC(=O)[C@H](CC(C)C)NC(=O)[C@H](CCCCCCCC[C@H](NC(=O)[C@H](Cc4c[nH]c5ccccc45)NC2=O)C(=O)NCC(=O)N[C@@H](Cc2ccc(F)cc2)C(=O)N[C@H](C(N)=O)CSCCC3=O)NC(=O)[C@H](CCC(N)=O)NC1=O. The van der Waals surface area contributed by atoms with Gasteiger partial charge in [-0.3, -0.25) is 91.1 Å². The van der Waals surface area contributed by atoms with E-state index in [2.05, 4.69) is 68.8 Å². The molecule has 19 N–H and O–H groups in total. The molecule has 3 aromatic rings. The lowest BCUT2D eigenvalue weighted by Crippen LogP contribution is -2.61. The minimum absolute atomic E-state index is 0.0543. The van der Waals surface area contributed by atoms with Crippen LogP contribution in [0.3, 0.4) is 0 Å². The van der Waals surface area contributed by atoms with E-state index in [-0.39, 0.29) is 93.2 Å². The van der Waals surface area contributed by atoms with E-state index in [4.69, 9.17) is 11.5 Å². The molecule has 4 fully saturated rings. The minimum Gasteiger partial charge on any atom is -0.481 e. The Morgan fingerprint density at radius 2 is 0.983 bits per heavy atom. The summed E-state index contributed by atoms with van der Waals surface area (Å²) in [4.78, 5) is 276. The number of H-pyrrole nitrogens is 1. The number of halogens is 1. The number of fused-ring (bicyclic) bond motifs is 23. The molecular weight excluding hydrogens is 1630 g/mol. The Balaban J connectivity index is 1.41. The summed E-state index contributed by atoms with van der Waals surface area (Å²) in [5, 5.41) is 51.4. The summed E-state index contributed by atoms with van der Waals surface area (Å²) >= 11 is 2.87. The van der Waals surface area contributed by atoms with Crippen molar-refractivity contribution in [2.45, 2.75) is 209 Å². The van der Waals surface area contributed by atoms with Crippen LogP contribution < -0.4 is 75.3 Å². The predicted molar refractivity (Wildman–Crippen MR) is 436 cm³/mol. The van der Waals surface area contributed by atoms with E-state index in [0.29, 0.717) is 47.7 Å². The van der Waals surface area contributed by atoms with Crippen molar-refractivity contribution in [3.8, 4) is 0 Å². The number of aromatic nitrogens is 1. The van der Waals surface area contributed by atoms with Crippen LogP contribution in [-0.4, -0.2) is 270 Å². The van der Waals surface area contributed by atoms with Gasteiger partial charge in [-0.05, 0) is 67.3 Å². The van der Waals surface area contributed by atoms with Gasteiger partial charge >= 0.3 is 11.9 Å². The Bertz CT molecular complexity index is 4220. The zero-order valence-corrected chi connectivity index (χ0v) is 69.3. The van der Waals surface area contributed by atoms with Crippen molar-refractivity contribution < 1.29 is 106 Å². The Kier molecular flexibility index (Phi) is 38.6. The van der Waals surface area contributed by atoms with Crippen LogP contribution in [0.2, 0.25) is 0 Å². The largest absolute Gasteiger partial charge is 0.481 e. The van der Waals surface area contributed by atoms with Crippen LogP contribution in [0.15, 0.2) is 54.7 Å². The Morgan fingerprint density at radius 3 is 1.56 bits per heavy atom. The number of hydrogen-bond donors (Lipinski definition) is 17. The molecule has 6 bridgehead atoms. The third kappa shape index (κ3) is 31.9. The van der Waals surface area contributed by atoms with Crippen molar-refractivity contribution in [1.82, 2.24) is 83.5 Å². The van der Waals surface area contributed by atoms with Crippen LogP contribution >= 0.6 is 35.3 Å². The molecule has 17 amide bonds. The molecule has 43 heteroatoms. The first kappa shape index (κ1) is 96.0. The van der Waals surface area contributed by atoms with Crippen molar-refractivity contribution in [2.24, 2.45) is 17.4 Å². The number of hydrogen-bond acceptors (Lipinski definition) is 22. The number of benzene rings is 2. The van der Waals surface area contributed by atoms with Gasteiger partial charge in [-0.1, -0.05) is 82.7 Å². The van der Waals surface area contributed by atoms with Gasteiger partial charge in [0.05, 0.1) is 33.0 Å². The number of carbonyl (C=O) groups excluding carboxylic acids is 17. The van der Waals surface area contributed by atoms with E-state index in [9.17, 15) is 96.1 Å². The van der Waals surface area contributed by atoms with E-state index in [0.717, 1.165) is 54.3 Å². The van der Waals surface area contributed by atoms with Gasteiger partial charge in [0, 0.05) is 103 Å². The van der Waals surface area contributed by atoms with Gasteiger partial charge in [-0.15, -0.1) is 0 Å². The van der Waals surface area contributed by atoms with Gasteiger partial charge in [-0.25, -0.2) is 4.39 Å². The number of rotatable bonds is 16. The molecule has 0 spiro atoms. The van der Waals surface area contributed by atoms with Crippen LogP contribution in [0.1, 0.15) is 141 Å². The van der Waals surface area contributed by atoms with E-state index < -0.39 is 255 Å². The fourth-order valence-electron chi connectivity index (χ4n) is 13.5. The first-order chi connectivity index (χ1) is 57.1. The molecule has 656 valence electrons. The van der Waals surface area contributed by atoms with E-state index >= 15 is 9.59 Å². The molecule has 0 radical (unpaired) electrons. The quantitative estimate of drug-likeness (QED) is 0.0665. The molecule has 0 unspecified atom stereocenters. The van der Waals surface area contributed by atoms with E-state index in [1.54, 1.807) is 44.3 Å². The number of carboxylic acid groups (broad SMARTS) is 2. The summed E-state index contributed by atoms with van der Waals surface area (Å²) in [6.07, 6.45) is -2.58. The smallest absolute Gasteiger partial charge is 0.305 e. The first-order valence-corrected chi connectivity index (χ1v) is 43.0. The number of para-hydroxylation sites is 1. The molecule has 120 heavy (non-hydrogen) atoms. The van der Waals surface area contributed by atoms with Crippen molar-refractivity contribution in [1.29, 1.82) is 0 Å². The Morgan fingerprint density at radius 1 is 0.508 bits per heavy atom. The number of nitrogens with zero attached hydrogens (tertiary/aromatic N) is 3. The number of carboxylic acids is 2. The number of aromatic amines is 1. The fourth-order valence-corrected chi connectivity index (χ4v) is 16.4. The first-order valence-electron chi connectivity index (χ1n) is 39.6. The van der Waals surface area contributed by atoms with Crippen LogP contribution in [0, 0.1) is 11.7 Å². The standard InChI is InChI=1S/C77H107FN18O21S3/c1-42(2)30-53-72(112)87-52(21-23-65(103)104)71(111)91-56(33-66(105)106)75(115)93-59-38-120-29-26-64(102)96-40-94-39-95(41-96)63(101)25-28-119-37-58(83-43(3)97)76(116)88-51(20-22-60(79)98)70(110)86-50(69(109)89-53)15-9-7-5-4-6-8-14-49(85-74(114)55(90-77(59)117)32-45-34-81-48-13-11-10-12-47(45)48)68(108)82-35-61(99)84-54(31-44-16-18-46(78)19-17-44)73(113)92-57(67(80)107)36-118-27-24-62(94)100/h10-13,16-19,34,42,49-59,81H,4-9,14-15,20-33,35-41H2,1-3H3,(H2,79,98)(H2,80,107)(H,82,108)(H,83,97)(H,84,99)(H,85,114)(H,86,110)(H,87,112)(H,88,116)(H,89,109)(H,90,117)(H,91,111)(H,92,113)(H,93,115)(H,103,104)(H,105,106)/t49-,50-,51-,52-,53-,54-,55-,56-,57-,58-,59-/m0/s1. The molecule has 39 nitrogen and oxygen atoms in total. The number of amides is 17. The van der Waals surface area contributed by atoms with Crippen molar-refractivity contribution in [3.05, 3.63) is 71.7 Å². The third-order valence-electron chi connectivity index (χ3n) is 19.9. The monoisotopic (exact) mass is 1730 g/mol. The molecule has 5 heterocycles. The van der Waals surface area contributed by atoms with Crippen LogP contribution in [0.25, 0.3) is 10.9 Å². The predicted octanol–water partition coefficient (Wildman–Crippen LogP) is -2.40. The number of aliphatic carboxylic acids is 2. The van der Waals surface area contributed by atoms with Gasteiger partial charge in [0.1, 0.15) is 72.3 Å². The van der Waals surface area contributed by atoms with Gasteiger partial charge < -0.3 is 105 Å². The van der Waals surface area contributed by atoms with Crippen LogP contribution in [0.4, 0.5) is 4.39 Å². The maximum atomic E-state index is 15.4. The normalized spacial score (nSPS) is 25.0. The lowest BCUT2D eigenvalue weighted by Gasteiger charge is -2.42. The summed E-state index contributed by atoms with van der Waals surface area (Å²) in [5.74, 6) is -22.0. The van der Waals surface area contributed by atoms with Crippen molar-refractivity contribution in [3.63, 3.8) is 0 Å². The third-order valence-corrected chi connectivity index (χ3v) is 23.1. The lowest BCUT2D eigenvalue weighted by molar-refractivity contribution is -0.158. The summed E-state index contributed by atoms with van der Waals surface area (Å²) in [5.41, 5.74) is 12.8. The highest BCUT2D eigenvalue weighted by atomic mass is 32.2. The molecule has 0 saturated carbocycles. The highest BCUT2D eigenvalue weighted by molar-refractivity contribution is 7.99. The second-order valence-corrected chi connectivity index (χ2v) is 33.5. The molecule has 2 aromatic carbocycles. The fraction of sp³-hybridized carbons (Fsp3) is 0.571. The molecule has 7 rings (SSSR count). The maximum Gasteiger partial charge on any atom is 0.305 e. The number of nitrogens with one attached hydrogen (secondary N) is 13. The van der Waals surface area contributed by atoms with E-state index in [1.807, 2.05) is 0 Å². The Labute approximate surface area is 703 Å². The molecule has 4 saturated heterocycles. The molecule has 0 aliphatic carbocycles. The lowest BCUT2D eigenvalue weighted by atomic mass is 9.99. The molecule has 4 aliphatic rings. The minimum atomic E-state index is -2.17. The molecular formula is C77H107FN18O21S3. The summed E-state index contributed by atoms with van der Waals surface area (Å²) in [6, 6.07) is -6.64. The number of thioether (sulfide) groups is 3. The number of carbonyl (C=O) groups is 19. The zero-order chi connectivity index (χ0) is 87.7. The average molecular weight is 1740 g/mol. The van der Waals surface area contributed by atoms with Crippen LogP contribution in [-0.2, 0) is 104 Å². The summed E-state index contributed by atoms with van der Waals surface area (Å²) in [6.45, 7) is 2.38. The van der Waals surface area contributed by atoms with Crippen LogP contribution in [0.5, 0.6) is 0 Å². The number of nitrogens with two attached hydrogens (primary N) is 2.